The van der Waals surface area contributed by atoms with Gasteiger partial charge in [-0.2, -0.15) is 15.0 Å². The van der Waals surface area contributed by atoms with Gasteiger partial charge in [0, 0.05) is 6.20 Å². The van der Waals surface area contributed by atoms with E-state index in [4.69, 9.17) is 10.5 Å². The zero-order valence-corrected chi connectivity index (χ0v) is 11.5. The number of hydrogen-bond donors (Lipinski definition) is 2. The summed E-state index contributed by atoms with van der Waals surface area (Å²) in [7, 11) is 0. The maximum Gasteiger partial charge on any atom is 0.323 e. The first-order valence-electron chi connectivity index (χ1n) is 6.34. The fourth-order valence-electron chi connectivity index (χ4n) is 1.48. The number of aromatic nitrogens is 5. The molecule has 0 saturated heterocycles. The molecule has 0 amide bonds. The van der Waals surface area contributed by atoms with Crippen molar-refractivity contribution in [2.45, 2.75) is 26.8 Å². The lowest BCUT2D eigenvalue weighted by atomic mass is 10.4. The van der Waals surface area contributed by atoms with E-state index in [1.165, 1.54) is 0 Å². The van der Waals surface area contributed by atoms with Gasteiger partial charge < -0.3 is 15.8 Å². The molecule has 3 N–H and O–H groups in total. The molecule has 0 atom stereocenters. The van der Waals surface area contributed by atoms with Gasteiger partial charge in [-0.25, -0.2) is 9.97 Å². The van der Waals surface area contributed by atoms with Crippen LogP contribution in [0.3, 0.4) is 0 Å². The van der Waals surface area contributed by atoms with E-state index in [1.807, 2.05) is 19.9 Å². The maximum absolute atomic E-state index is 5.62. The van der Waals surface area contributed by atoms with Crippen molar-refractivity contribution in [3.05, 3.63) is 23.8 Å². The normalized spacial score (nSPS) is 10.3. The average molecular weight is 275 g/mol. The van der Waals surface area contributed by atoms with Crippen LogP contribution < -0.4 is 15.8 Å². The predicted octanol–water partition coefficient (Wildman–Crippen LogP) is 0.953. The first kappa shape index (κ1) is 13.9. The lowest BCUT2D eigenvalue weighted by molar-refractivity contribution is 0.292. The summed E-state index contributed by atoms with van der Waals surface area (Å²) in [5.74, 6) is 1.19. The van der Waals surface area contributed by atoms with Gasteiger partial charge in [0.2, 0.25) is 11.9 Å². The van der Waals surface area contributed by atoms with Gasteiger partial charge in [0.05, 0.1) is 18.8 Å². The Morgan fingerprint density at radius 2 is 2.10 bits per heavy atom. The zero-order chi connectivity index (χ0) is 14.4. The van der Waals surface area contributed by atoms with Crippen LogP contribution in [0.25, 0.3) is 0 Å². The van der Waals surface area contributed by atoms with Gasteiger partial charge in [-0.3, -0.25) is 0 Å². The van der Waals surface area contributed by atoms with Crippen LogP contribution in [-0.2, 0) is 6.54 Å². The molecule has 0 spiro atoms. The van der Waals surface area contributed by atoms with E-state index in [1.54, 1.807) is 6.20 Å². The molecule has 8 nitrogen and oxygen atoms in total. The number of nitrogens with two attached hydrogens (primary N) is 1. The van der Waals surface area contributed by atoms with Gasteiger partial charge in [0.1, 0.15) is 5.82 Å². The molecule has 0 aliphatic carbocycles. The number of ether oxygens (including phenoxy) is 1. The molecule has 2 rings (SSSR count). The lowest BCUT2D eigenvalue weighted by Gasteiger charge is -2.07. The highest BCUT2D eigenvalue weighted by atomic mass is 16.5. The van der Waals surface area contributed by atoms with E-state index < -0.39 is 0 Å². The van der Waals surface area contributed by atoms with Gasteiger partial charge in [0.15, 0.2) is 0 Å². The van der Waals surface area contributed by atoms with Crippen molar-refractivity contribution in [2.24, 2.45) is 0 Å². The molecule has 2 heterocycles. The summed E-state index contributed by atoms with van der Waals surface area (Å²) in [5, 5.41) is 3.03. The highest BCUT2D eigenvalue weighted by molar-refractivity contribution is 5.33. The molecule has 0 fully saturated rings. The van der Waals surface area contributed by atoms with E-state index in [-0.39, 0.29) is 12.0 Å². The largest absolute Gasteiger partial charge is 0.463 e. The third-order valence-corrected chi connectivity index (χ3v) is 2.33. The maximum atomic E-state index is 5.62. The topological polar surface area (TPSA) is 112 Å². The predicted molar refractivity (Wildman–Crippen MR) is 74.1 cm³/mol. The number of nitrogen functional groups attached to an aromatic ring is 1. The molecule has 0 radical (unpaired) electrons. The van der Waals surface area contributed by atoms with Crippen molar-refractivity contribution >= 4 is 11.9 Å². The second kappa shape index (κ2) is 6.60. The van der Waals surface area contributed by atoms with E-state index in [2.05, 4.69) is 30.2 Å². The molecule has 8 heteroatoms. The first-order valence-corrected chi connectivity index (χ1v) is 6.34. The van der Waals surface area contributed by atoms with Crippen LogP contribution in [0.4, 0.5) is 11.9 Å². The molecule has 0 aliphatic rings. The second-order valence-corrected chi connectivity index (χ2v) is 4.10. The molecule has 0 bridgehead atoms. The quantitative estimate of drug-likeness (QED) is 0.801. The molecule has 0 aliphatic heterocycles. The summed E-state index contributed by atoms with van der Waals surface area (Å²) in [6.45, 7) is 4.84. The summed E-state index contributed by atoms with van der Waals surface area (Å²) in [4.78, 5) is 20.4. The molecular weight excluding hydrogens is 258 g/mol. The molecule has 2 aromatic heterocycles. The summed E-state index contributed by atoms with van der Waals surface area (Å²) in [6.07, 6.45) is 2.57. The van der Waals surface area contributed by atoms with Gasteiger partial charge >= 0.3 is 6.01 Å². The molecule has 0 unspecified atom stereocenters. The van der Waals surface area contributed by atoms with Gasteiger partial charge in [0.25, 0.3) is 0 Å². The number of aryl methyl sites for hydroxylation is 1. The summed E-state index contributed by atoms with van der Waals surface area (Å²) in [6, 6.07) is 2.04. The van der Waals surface area contributed by atoms with Crippen molar-refractivity contribution in [3.8, 4) is 6.01 Å². The van der Waals surface area contributed by atoms with Crippen LogP contribution in [0.1, 0.15) is 24.9 Å². The SMILES string of the molecule is CCCOc1nc(N)nc(NCc2ccnc(C)n2)n1. The van der Waals surface area contributed by atoms with E-state index in [0.717, 1.165) is 12.1 Å². The Balaban J connectivity index is 2.03. The van der Waals surface area contributed by atoms with Crippen molar-refractivity contribution in [1.29, 1.82) is 0 Å². The zero-order valence-electron chi connectivity index (χ0n) is 11.5. The van der Waals surface area contributed by atoms with Crippen LogP contribution in [0.15, 0.2) is 12.3 Å². The van der Waals surface area contributed by atoms with E-state index in [0.29, 0.717) is 24.9 Å². The number of nitrogens with zero attached hydrogens (tertiary/aromatic N) is 5. The standard InChI is InChI=1S/C12H17N7O/c1-3-6-20-12-18-10(13)17-11(19-12)15-7-9-4-5-14-8(2)16-9/h4-5H,3,6-7H2,1-2H3,(H3,13,15,17,18,19). The highest BCUT2D eigenvalue weighted by Gasteiger charge is 2.05. The number of hydrogen-bond acceptors (Lipinski definition) is 8. The molecule has 106 valence electrons. The van der Waals surface area contributed by atoms with Crippen LogP contribution in [0, 0.1) is 6.92 Å². The lowest BCUT2D eigenvalue weighted by Crippen LogP contribution is -2.10. The Morgan fingerprint density at radius 3 is 2.85 bits per heavy atom. The third-order valence-electron chi connectivity index (χ3n) is 2.33. The molecule has 0 saturated carbocycles. The highest BCUT2D eigenvalue weighted by Crippen LogP contribution is 2.10. The Kier molecular flexibility index (Phi) is 4.59. The Morgan fingerprint density at radius 1 is 1.25 bits per heavy atom. The number of rotatable bonds is 6. The minimum Gasteiger partial charge on any atom is -0.463 e. The summed E-state index contributed by atoms with van der Waals surface area (Å²) in [5.41, 5.74) is 6.46. The Bertz CT molecular complexity index is 575. The van der Waals surface area contributed by atoms with Crippen LogP contribution in [0.5, 0.6) is 6.01 Å². The van der Waals surface area contributed by atoms with Gasteiger partial charge in [-0.05, 0) is 19.4 Å². The molecular formula is C12H17N7O. The van der Waals surface area contributed by atoms with Crippen molar-refractivity contribution < 1.29 is 4.74 Å². The van der Waals surface area contributed by atoms with Gasteiger partial charge in [-0.15, -0.1) is 0 Å². The van der Waals surface area contributed by atoms with Gasteiger partial charge in [-0.1, -0.05) is 6.92 Å². The number of anilines is 2. The molecule has 20 heavy (non-hydrogen) atoms. The summed E-state index contributed by atoms with van der Waals surface area (Å²) >= 11 is 0. The van der Waals surface area contributed by atoms with Crippen LogP contribution >= 0.6 is 0 Å². The fourth-order valence-corrected chi connectivity index (χ4v) is 1.48. The van der Waals surface area contributed by atoms with Crippen molar-refractivity contribution in [1.82, 2.24) is 24.9 Å². The fraction of sp³-hybridized carbons (Fsp3) is 0.417. The molecule has 2 aromatic rings. The minimum atomic E-state index is 0.118. The minimum absolute atomic E-state index is 0.118. The van der Waals surface area contributed by atoms with E-state index >= 15 is 0 Å². The molecule has 0 aromatic carbocycles. The van der Waals surface area contributed by atoms with Crippen molar-refractivity contribution in [3.63, 3.8) is 0 Å². The monoisotopic (exact) mass is 275 g/mol. The number of nitrogens with one attached hydrogen (secondary N) is 1. The first-order chi connectivity index (χ1) is 9.67. The second-order valence-electron chi connectivity index (χ2n) is 4.10. The Labute approximate surface area is 116 Å². The van der Waals surface area contributed by atoms with Crippen molar-refractivity contribution in [2.75, 3.05) is 17.7 Å². The van der Waals surface area contributed by atoms with Crippen LogP contribution in [0.2, 0.25) is 0 Å². The smallest absolute Gasteiger partial charge is 0.323 e. The van der Waals surface area contributed by atoms with E-state index in [9.17, 15) is 0 Å². The van der Waals surface area contributed by atoms with Crippen LogP contribution in [-0.4, -0.2) is 31.5 Å². The summed E-state index contributed by atoms with van der Waals surface area (Å²) < 4.78 is 5.34. The third kappa shape index (κ3) is 4.01. The Hall–Kier alpha value is -2.51. The average Bonchev–Trinajstić information content (AvgIpc) is 2.42.